The van der Waals surface area contributed by atoms with E-state index in [1.54, 1.807) is 0 Å². The van der Waals surface area contributed by atoms with Crippen LogP contribution < -0.4 is 0 Å². The van der Waals surface area contributed by atoms with E-state index in [1.807, 2.05) is 0 Å². The summed E-state index contributed by atoms with van der Waals surface area (Å²) in [5.74, 6) is 0.489. The van der Waals surface area contributed by atoms with E-state index in [4.69, 9.17) is 0 Å². The van der Waals surface area contributed by atoms with E-state index in [2.05, 4.69) is 41.5 Å². The molecule has 0 bridgehead atoms. The molecule has 0 radical (unpaired) electrons. The smallest absolute Gasteiger partial charge is 0.169 e. The van der Waals surface area contributed by atoms with Gasteiger partial charge in [-0.3, -0.25) is 4.79 Å². The lowest BCUT2D eigenvalue weighted by atomic mass is 9.65. The van der Waals surface area contributed by atoms with Crippen molar-refractivity contribution >= 4 is 5.78 Å². The van der Waals surface area contributed by atoms with Crippen LogP contribution in [0, 0.1) is 16.2 Å². The first-order valence-corrected chi connectivity index (χ1v) is 8.08. The van der Waals surface area contributed by atoms with E-state index < -0.39 is 0 Å². The van der Waals surface area contributed by atoms with Gasteiger partial charge in [0, 0.05) is 11.0 Å². The van der Waals surface area contributed by atoms with Crippen LogP contribution in [0.25, 0.3) is 0 Å². The third kappa shape index (κ3) is 1.78. The van der Waals surface area contributed by atoms with Gasteiger partial charge >= 0.3 is 0 Å². The van der Waals surface area contributed by atoms with Gasteiger partial charge in [0.05, 0.1) is 0 Å². The first-order chi connectivity index (χ1) is 9.06. The summed E-state index contributed by atoms with van der Waals surface area (Å²) in [6.07, 6.45) is 5.54. The number of hydrogen-bond donors (Lipinski definition) is 0. The lowest BCUT2D eigenvalue weighted by molar-refractivity contribution is -0.127. The van der Waals surface area contributed by atoms with Crippen molar-refractivity contribution < 1.29 is 4.79 Å². The van der Waals surface area contributed by atoms with Crippen LogP contribution in [0.3, 0.4) is 0 Å². The maximum Gasteiger partial charge on any atom is 0.169 e. The monoisotopic (exact) mass is 272 g/mol. The molecule has 1 heteroatoms. The van der Waals surface area contributed by atoms with Crippen molar-refractivity contribution in [2.24, 2.45) is 16.2 Å². The molecular weight excluding hydrogens is 244 g/mol. The van der Waals surface area contributed by atoms with Crippen molar-refractivity contribution in [1.29, 1.82) is 0 Å². The minimum Gasteiger partial charge on any atom is -0.294 e. The zero-order valence-corrected chi connectivity index (χ0v) is 13.9. The lowest BCUT2D eigenvalue weighted by Gasteiger charge is -2.37. The summed E-state index contributed by atoms with van der Waals surface area (Å²) < 4.78 is 0. The Morgan fingerprint density at radius 1 is 0.900 bits per heavy atom. The first kappa shape index (κ1) is 14.1. The predicted octanol–water partition coefficient (Wildman–Crippen LogP) is 5.22. The van der Waals surface area contributed by atoms with Crippen LogP contribution in [-0.2, 0) is 4.79 Å². The van der Waals surface area contributed by atoms with E-state index in [9.17, 15) is 4.79 Å². The van der Waals surface area contributed by atoms with Crippen molar-refractivity contribution in [1.82, 2.24) is 0 Å². The van der Waals surface area contributed by atoms with Gasteiger partial charge in [-0.05, 0) is 47.7 Å². The third-order valence-electron chi connectivity index (χ3n) is 5.67. The zero-order chi connectivity index (χ0) is 14.9. The van der Waals surface area contributed by atoms with Crippen molar-refractivity contribution in [2.75, 3.05) is 0 Å². The quantitative estimate of drug-likeness (QED) is 0.591. The lowest BCUT2D eigenvalue weighted by Crippen LogP contribution is -2.34. The van der Waals surface area contributed by atoms with Crippen LogP contribution in [0.5, 0.6) is 0 Å². The fourth-order valence-electron chi connectivity index (χ4n) is 4.22. The number of ketones is 1. The third-order valence-corrected chi connectivity index (χ3v) is 5.67. The second-order valence-corrected chi connectivity index (χ2v) is 9.13. The Morgan fingerprint density at radius 2 is 1.45 bits per heavy atom. The van der Waals surface area contributed by atoms with Crippen molar-refractivity contribution in [3.63, 3.8) is 0 Å². The number of carbonyl (C=O) groups is 1. The molecule has 0 aromatic heterocycles. The van der Waals surface area contributed by atoms with Crippen molar-refractivity contribution in [3.8, 4) is 0 Å². The second-order valence-electron chi connectivity index (χ2n) is 9.13. The molecular formula is C19H28O. The first-order valence-electron chi connectivity index (χ1n) is 8.08. The number of Topliss-reactive ketones (excluding diaryl/α,β-unsaturated/α-hetero) is 1. The van der Waals surface area contributed by atoms with Crippen LogP contribution in [-0.4, -0.2) is 5.78 Å². The maximum atomic E-state index is 13.0. The van der Waals surface area contributed by atoms with Crippen LogP contribution in [0.2, 0.25) is 0 Å². The molecule has 0 atom stereocenters. The molecule has 0 unspecified atom stereocenters. The number of rotatable bonds is 0. The molecule has 0 N–H and O–H groups in total. The largest absolute Gasteiger partial charge is 0.294 e. The minimum atomic E-state index is 0.0120. The van der Waals surface area contributed by atoms with E-state index in [0.717, 1.165) is 31.3 Å². The number of hydrogen-bond acceptors (Lipinski definition) is 1. The number of allylic oxidation sites excluding steroid dienone is 4. The van der Waals surface area contributed by atoms with E-state index in [-0.39, 0.29) is 16.2 Å². The molecule has 1 nitrogen and oxygen atoms in total. The SMILES string of the molecule is CC(C)(C)C1=C2CC3(CCC3)C(=O)C2=C(C(C)(C)C)C1. The Kier molecular flexibility index (Phi) is 2.73. The van der Waals surface area contributed by atoms with Gasteiger partial charge in [0.1, 0.15) is 0 Å². The highest BCUT2D eigenvalue weighted by molar-refractivity contribution is 6.09. The molecule has 0 aromatic rings. The van der Waals surface area contributed by atoms with Crippen molar-refractivity contribution in [3.05, 3.63) is 22.3 Å². The Labute approximate surface area is 123 Å². The fourth-order valence-corrected chi connectivity index (χ4v) is 4.22. The fraction of sp³-hybridized carbons (Fsp3) is 0.737. The summed E-state index contributed by atoms with van der Waals surface area (Å²) in [6, 6.07) is 0. The zero-order valence-electron chi connectivity index (χ0n) is 13.9. The molecule has 3 rings (SSSR count). The van der Waals surface area contributed by atoms with Gasteiger partial charge in [0.25, 0.3) is 0 Å². The van der Waals surface area contributed by atoms with Gasteiger partial charge in [-0.15, -0.1) is 0 Å². The summed E-state index contributed by atoms with van der Waals surface area (Å²) in [5, 5.41) is 0. The molecule has 0 saturated heterocycles. The highest BCUT2D eigenvalue weighted by atomic mass is 16.1. The van der Waals surface area contributed by atoms with Crippen LogP contribution in [0.4, 0.5) is 0 Å². The second kappa shape index (κ2) is 3.87. The molecule has 2 saturated carbocycles. The Morgan fingerprint density at radius 3 is 1.85 bits per heavy atom. The summed E-state index contributed by atoms with van der Waals surface area (Å²) in [4.78, 5) is 13.0. The molecule has 20 heavy (non-hydrogen) atoms. The molecule has 0 aliphatic heterocycles. The highest BCUT2D eigenvalue weighted by Crippen LogP contribution is 2.61. The van der Waals surface area contributed by atoms with Crippen LogP contribution in [0.15, 0.2) is 22.3 Å². The highest BCUT2D eigenvalue weighted by Gasteiger charge is 2.55. The van der Waals surface area contributed by atoms with Gasteiger partial charge in [-0.1, -0.05) is 53.5 Å². The molecule has 3 aliphatic rings. The minimum absolute atomic E-state index is 0.0120. The topological polar surface area (TPSA) is 17.1 Å². The van der Waals surface area contributed by atoms with Gasteiger partial charge in [0.15, 0.2) is 5.78 Å². The van der Waals surface area contributed by atoms with Gasteiger partial charge in [-0.25, -0.2) is 0 Å². The van der Waals surface area contributed by atoms with E-state index in [0.29, 0.717) is 5.78 Å². The summed E-state index contributed by atoms with van der Waals surface area (Å²) in [6.45, 7) is 13.7. The van der Waals surface area contributed by atoms with E-state index >= 15 is 0 Å². The average molecular weight is 272 g/mol. The van der Waals surface area contributed by atoms with Gasteiger partial charge < -0.3 is 0 Å². The van der Waals surface area contributed by atoms with Crippen LogP contribution >= 0.6 is 0 Å². The molecule has 2 fully saturated rings. The average Bonchev–Trinajstić information content (AvgIpc) is 2.70. The molecule has 3 aliphatic carbocycles. The van der Waals surface area contributed by atoms with E-state index in [1.165, 1.54) is 23.1 Å². The van der Waals surface area contributed by atoms with Gasteiger partial charge in [0.2, 0.25) is 0 Å². The van der Waals surface area contributed by atoms with Gasteiger partial charge in [-0.2, -0.15) is 0 Å². The maximum absolute atomic E-state index is 13.0. The Bertz CT molecular complexity index is 539. The summed E-state index contributed by atoms with van der Waals surface area (Å²) >= 11 is 0. The normalized spacial score (nSPS) is 25.6. The number of fused-ring (bicyclic) bond motifs is 1. The molecule has 1 spiro atoms. The standard InChI is InChI=1S/C19H28O/c1-17(2,3)13-10-14(18(4,5)6)15-12(13)11-19(16(15)20)8-7-9-19/h7-11H2,1-6H3. The molecule has 110 valence electrons. The Hall–Kier alpha value is -0.850. The van der Waals surface area contributed by atoms with Crippen LogP contribution in [0.1, 0.15) is 73.6 Å². The summed E-state index contributed by atoms with van der Waals surface area (Å²) in [5.41, 5.74) is 5.84. The van der Waals surface area contributed by atoms with Crippen molar-refractivity contribution in [2.45, 2.75) is 73.6 Å². The molecule has 0 heterocycles. The Balaban J connectivity index is 2.15. The molecule has 0 amide bonds. The number of carbonyl (C=O) groups excluding carboxylic acids is 1. The predicted molar refractivity (Wildman–Crippen MR) is 83.5 cm³/mol. The molecule has 0 aromatic carbocycles. The summed E-state index contributed by atoms with van der Waals surface area (Å²) in [7, 11) is 0.